The molecule has 0 aromatic carbocycles. The normalized spacial score (nSPS) is 11.0. The molecule has 1 aromatic heterocycles. The molecule has 0 bridgehead atoms. The van der Waals surface area contributed by atoms with Crippen LogP contribution < -0.4 is 5.73 Å². The van der Waals surface area contributed by atoms with Gasteiger partial charge >= 0.3 is 0 Å². The summed E-state index contributed by atoms with van der Waals surface area (Å²) in [7, 11) is 0. The van der Waals surface area contributed by atoms with Crippen molar-refractivity contribution in [2.24, 2.45) is 5.73 Å². The van der Waals surface area contributed by atoms with E-state index in [0.717, 1.165) is 6.07 Å². The van der Waals surface area contributed by atoms with Gasteiger partial charge in [0, 0.05) is 6.54 Å². The van der Waals surface area contributed by atoms with Gasteiger partial charge in [0.05, 0.1) is 23.6 Å². The van der Waals surface area contributed by atoms with Crippen LogP contribution in [-0.4, -0.2) is 10.1 Å². The van der Waals surface area contributed by atoms with Crippen molar-refractivity contribution in [1.82, 2.24) is 4.98 Å². The van der Waals surface area contributed by atoms with E-state index in [1.54, 1.807) is 0 Å². The van der Waals surface area contributed by atoms with E-state index in [4.69, 9.17) is 10.8 Å². The van der Waals surface area contributed by atoms with Gasteiger partial charge in [-0.3, -0.25) is 4.98 Å². The molecule has 3 nitrogen and oxygen atoms in total. The number of nitrogens with two attached hydrogens (primary N) is 1. The molecule has 1 aromatic rings. The first kappa shape index (κ1) is 10.9. The number of halogens is 3. The van der Waals surface area contributed by atoms with Crippen LogP contribution in [0.5, 0.6) is 0 Å². The van der Waals surface area contributed by atoms with Gasteiger partial charge in [-0.15, -0.1) is 0 Å². The summed E-state index contributed by atoms with van der Waals surface area (Å²) in [5.41, 5.74) is 4.09. The number of hydrogen-bond donors (Lipinski definition) is 2. The summed E-state index contributed by atoms with van der Waals surface area (Å²) < 4.78 is 37.6. The lowest BCUT2D eigenvalue weighted by Crippen LogP contribution is -2.08. The molecule has 0 fully saturated rings. The number of nitrogens with zero attached hydrogens (tertiary/aromatic N) is 1. The van der Waals surface area contributed by atoms with E-state index in [0.29, 0.717) is 0 Å². The largest absolute Gasteiger partial charge is 0.390 e. The van der Waals surface area contributed by atoms with Gasteiger partial charge in [0.1, 0.15) is 5.82 Å². The minimum absolute atomic E-state index is 0.0621. The summed E-state index contributed by atoms with van der Waals surface area (Å²) in [6.07, 6.45) is -2.99. The lowest BCUT2D eigenvalue weighted by Gasteiger charge is -2.08. The van der Waals surface area contributed by atoms with E-state index in [9.17, 15) is 13.2 Å². The zero-order valence-electron chi connectivity index (χ0n) is 7.17. The van der Waals surface area contributed by atoms with Gasteiger partial charge in [-0.1, -0.05) is 0 Å². The molecule has 14 heavy (non-hydrogen) atoms. The van der Waals surface area contributed by atoms with Crippen molar-refractivity contribution >= 4 is 0 Å². The topological polar surface area (TPSA) is 59.1 Å². The summed E-state index contributed by atoms with van der Waals surface area (Å²) in [5, 5.41) is 8.71. The molecule has 1 rings (SSSR count). The molecule has 1 heterocycles. The van der Waals surface area contributed by atoms with Gasteiger partial charge in [0.2, 0.25) is 0 Å². The number of rotatable bonds is 3. The Bertz CT molecular complexity index is 331. The molecule has 0 saturated heterocycles. The van der Waals surface area contributed by atoms with Gasteiger partial charge in [-0.05, 0) is 6.07 Å². The van der Waals surface area contributed by atoms with Crippen LogP contribution in [0.2, 0.25) is 0 Å². The fourth-order valence-corrected chi connectivity index (χ4v) is 1.08. The third-order valence-corrected chi connectivity index (χ3v) is 1.72. The number of hydrogen-bond acceptors (Lipinski definition) is 3. The highest BCUT2D eigenvalue weighted by molar-refractivity contribution is 5.25. The van der Waals surface area contributed by atoms with Crippen molar-refractivity contribution in [2.75, 3.05) is 0 Å². The fourth-order valence-electron chi connectivity index (χ4n) is 1.08. The Morgan fingerprint density at radius 2 is 2.14 bits per heavy atom. The predicted octanol–water partition coefficient (Wildman–Crippen LogP) is 1.11. The number of aromatic nitrogens is 1. The second kappa shape index (κ2) is 4.39. The number of alkyl halides is 2. The Labute approximate surface area is 78.4 Å². The van der Waals surface area contributed by atoms with Gasteiger partial charge < -0.3 is 10.8 Å². The zero-order chi connectivity index (χ0) is 10.7. The highest BCUT2D eigenvalue weighted by atomic mass is 19.3. The third-order valence-electron chi connectivity index (χ3n) is 1.72. The van der Waals surface area contributed by atoms with Gasteiger partial charge in [-0.2, -0.15) is 0 Å². The van der Waals surface area contributed by atoms with Crippen molar-refractivity contribution in [3.05, 3.63) is 28.8 Å². The molecular weight excluding hydrogens is 197 g/mol. The summed E-state index contributed by atoms with van der Waals surface area (Å²) in [6, 6.07) is 0.848. The molecule has 0 radical (unpaired) electrons. The summed E-state index contributed by atoms with van der Waals surface area (Å²) in [4.78, 5) is 3.60. The minimum atomic E-state index is -2.99. The SMILES string of the molecule is NCc1cc(F)c(C(F)F)c(CO)n1. The molecule has 6 heteroatoms. The summed E-state index contributed by atoms with van der Waals surface area (Å²) in [6.45, 7) is -0.794. The Morgan fingerprint density at radius 3 is 2.57 bits per heavy atom. The van der Waals surface area contributed by atoms with E-state index >= 15 is 0 Å². The standard InChI is InChI=1S/C8H9F3N2O/c9-5-1-4(2-12)13-6(3-14)7(5)8(10)11/h1,8,14H,2-3,12H2. The first-order valence-corrected chi connectivity index (χ1v) is 3.87. The van der Waals surface area contributed by atoms with Gasteiger partial charge in [0.25, 0.3) is 6.43 Å². The number of aliphatic hydroxyl groups is 1. The molecule has 0 aliphatic rings. The van der Waals surface area contributed by atoms with Crippen molar-refractivity contribution < 1.29 is 18.3 Å². The lowest BCUT2D eigenvalue weighted by atomic mass is 10.1. The van der Waals surface area contributed by atoms with Crippen LogP contribution in [0, 0.1) is 5.82 Å². The molecule has 0 atom stereocenters. The highest BCUT2D eigenvalue weighted by Gasteiger charge is 2.20. The number of aliphatic hydroxyl groups excluding tert-OH is 1. The zero-order valence-corrected chi connectivity index (χ0v) is 7.17. The summed E-state index contributed by atoms with van der Waals surface area (Å²) >= 11 is 0. The van der Waals surface area contributed by atoms with Crippen LogP contribution >= 0.6 is 0 Å². The molecular formula is C8H9F3N2O. The van der Waals surface area contributed by atoms with Crippen molar-refractivity contribution in [3.63, 3.8) is 0 Å². The maximum Gasteiger partial charge on any atom is 0.268 e. The van der Waals surface area contributed by atoms with Crippen LogP contribution in [0.1, 0.15) is 23.4 Å². The van der Waals surface area contributed by atoms with Crippen molar-refractivity contribution in [2.45, 2.75) is 19.6 Å². The predicted molar refractivity (Wildman–Crippen MR) is 43.0 cm³/mol. The van der Waals surface area contributed by atoms with Crippen LogP contribution in [0.15, 0.2) is 6.07 Å². The average Bonchev–Trinajstić information content (AvgIpc) is 2.15. The van der Waals surface area contributed by atoms with E-state index in [1.807, 2.05) is 0 Å². The first-order chi connectivity index (χ1) is 6.60. The molecule has 0 aliphatic carbocycles. The molecule has 0 aliphatic heterocycles. The fraction of sp³-hybridized carbons (Fsp3) is 0.375. The first-order valence-electron chi connectivity index (χ1n) is 3.87. The monoisotopic (exact) mass is 206 g/mol. The molecule has 3 N–H and O–H groups in total. The quantitative estimate of drug-likeness (QED) is 0.778. The Kier molecular flexibility index (Phi) is 3.43. The average molecular weight is 206 g/mol. The molecule has 0 spiro atoms. The maximum atomic E-state index is 13.0. The second-order valence-corrected chi connectivity index (χ2v) is 2.62. The summed E-state index contributed by atoms with van der Waals surface area (Å²) in [5.74, 6) is -1.08. The Hall–Kier alpha value is -1.14. The van der Waals surface area contributed by atoms with Crippen LogP contribution in [0.3, 0.4) is 0 Å². The van der Waals surface area contributed by atoms with Gasteiger partial charge in [0.15, 0.2) is 0 Å². The highest BCUT2D eigenvalue weighted by Crippen LogP contribution is 2.25. The second-order valence-electron chi connectivity index (χ2n) is 2.62. The van der Waals surface area contributed by atoms with Crippen LogP contribution in [0.4, 0.5) is 13.2 Å². The molecule has 0 unspecified atom stereocenters. The number of pyridine rings is 1. The Balaban J connectivity index is 3.27. The Morgan fingerprint density at radius 1 is 1.50 bits per heavy atom. The van der Waals surface area contributed by atoms with Crippen molar-refractivity contribution in [1.29, 1.82) is 0 Å². The van der Waals surface area contributed by atoms with E-state index in [-0.39, 0.29) is 17.9 Å². The minimum Gasteiger partial charge on any atom is -0.390 e. The third kappa shape index (κ3) is 2.02. The van der Waals surface area contributed by atoms with Crippen LogP contribution in [0.25, 0.3) is 0 Å². The smallest absolute Gasteiger partial charge is 0.268 e. The van der Waals surface area contributed by atoms with E-state index in [1.165, 1.54) is 0 Å². The van der Waals surface area contributed by atoms with Gasteiger partial charge in [-0.25, -0.2) is 13.2 Å². The van der Waals surface area contributed by atoms with Crippen LogP contribution in [-0.2, 0) is 13.2 Å². The molecule has 78 valence electrons. The van der Waals surface area contributed by atoms with E-state index < -0.39 is 24.4 Å². The lowest BCUT2D eigenvalue weighted by molar-refractivity contribution is 0.140. The molecule has 0 saturated carbocycles. The molecule has 0 amide bonds. The maximum absolute atomic E-state index is 13.0. The van der Waals surface area contributed by atoms with Crippen molar-refractivity contribution in [3.8, 4) is 0 Å². The van der Waals surface area contributed by atoms with E-state index in [2.05, 4.69) is 4.98 Å².